The maximum atomic E-state index is 13.2. The fourth-order valence-corrected chi connectivity index (χ4v) is 4.80. The number of benzene rings is 3. The molecule has 0 saturated heterocycles. The molecule has 0 aliphatic heterocycles. The third-order valence-electron chi connectivity index (χ3n) is 7.25. The van der Waals surface area contributed by atoms with Crippen LogP contribution in [0.2, 0.25) is 0 Å². The average Bonchev–Trinajstić information content (AvgIpc) is 3.46. The van der Waals surface area contributed by atoms with Gasteiger partial charge in [-0.3, -0.25) is 14.4 Å². The molecule has 0 aliphatic rings. The molecule has 10 nitrogen and oxygen atoms in total. The molecule has 2 N–H and O–H groups in total. The zero-order chi connectivity index (χ0) is 32.0. The smallest absolute Gasteiger partial charge is 0.318 e. The lowest BCUT2D eigenvalue weighted by Crippen LogP contribution is -2.40. The lowest BCUT2D eigenvalue weighted by Gasteiger charge is -2.22. The molecule has 0 spiro atoms. The van der Waals surface area contributed by atoms with E-state index in [0.717, 1.165) is 22.2 Å². The summed E-state index contributed by atoms with van der Waals surface area (Å²) in [4.78, 5) is 59.4. The number of Topliss-reactive ketones (excluding diaryl/α,β-unsaturated/α-hetero) is 1. The number of imidazole rings is 1. The van der Waals surface area contributed by atoms with Gasteiger partial charge in [-0.1, -0.05) is 73.7 Å². The summed E-state index contributed by atoms with van der Waals surface area (Å²) in [5.74, 6) is -0.0336. The lowest BCUT2D eigenvalue weighted by molar-refractivity contribution is -0.146. The first-order valence-corrected chi connectivity index (χ1v) is 15.2. The fraction of sp³-hybridized carbons (Fsp3) is 0.343. The molecule has 4 aromatic rings. The molecule has 45 heavy (non-hydrogen) atoms. The van der Waals surface area contributed by atoms with Crippen molar-refractivity contribution in [1.82, 2.24) is 20.2 Å². The topological polar surface area (TPSA) is 131 Å². The molecule has 0 aliphatic carbocycles. The van der Waals surface area contributed by atoms with Crippen molar-refractivity contribution in [1.29, 1.82) is 0 Å². The van der Waals surface area contributed by atoms with Gasteiger partial charge >= 0.3 is 18.0 Å². The van der Waals surface area contributed by atoms with Crippen molar-refractivity contribution < 1.29 is 28.7 Å². The second-order valence-corrected chi connectivity index (χ2v) is 11.0. The van der Waals surface area contributed by atoms with Gasteiger partial charge in [-0.15, -0.1) is 0 Å². The van der Waals surface area contributed by atoms with Gasteiger partial charge in [0, 0.05) is 31.5 Å². The third kappa shape index (κ3) is 10.6. The van der Waals surface area contributed by atoms with E-state index < -0.39 is 0 Å². The molecule has 0 radical (unpaired) electrons. The van der Waals surface area contributed by atoms with Crippen LogP contribution in [0.25, 0.3) is 11.0 Å². The second-order valence-electron chi connectivity index (χ2n) is 11.0. The molecule has 10 heteroatoms. The SMILES string of the molecule is CCOC(=O)CCNC(=O)N(Cc1ccc(C(=O)CC[C@@H](C)CC(=O)OCc2ccccc2)cc1)Cc1nc2ccccc2[nH]1. The summed E-state index contributed by atoms with van der Waals surface area (Å²) < 4.78 is 10.3. The van der Waals surface area contributed by atoms with E-state index in [4.69, 9.17) is 9.47 Å². The summed E-state index contributed by atoms with van der Waals surface area (Å²) in [6.45, 7) is 4.82. The molecule has 1 atom stereocenters. The predicted octanol–water partition coefficient (Wildman–Crippen LogP) is 5.96. The van der Waals surface area contributed by atoms with E-state index in [1.54, 1.807) is 24.0 Å². The van der Waals surface area contributed by atoms with Crippen LogP contribution in [0.3, 0.4) is 0 Å². The maximum absolute atomic E-state index is 13.2. The number of carbonyl (C=O) groups excluding carboxylic acids is 4. The van der Waals surface area contributed by atoms with Crippen molar-refractivity contribution >= 4 is 34.8 Å². The summed E-state index contributed by atoms with van der Waals surface area (Å²) in [5.41, 5.74) is 4.01. The summed E-state index contributed by atoms with van der Waals surface area (Å²) in [7, 11) is 0. The normalized spacial score (nSPS) is 11.5. The highest BCUT2D eigenvalue weighted by Crippen LogP contribution is 2.18. The van der Waals surface area contributed by atoms with Gasteiger partial charge in [-0.05, 0) is 42.5 Å². The number of esters is 2. The number of ether oxygens (including phenoxy) is 2. The molecule has 1 aromatic heterocycles. The minimum Gasteiger partial charge on any atom is -0.466 e. The Bertz CT molecular complexity index is 1540. The lowest BCUT2D eigenvalue weighted by atomic mass is 9.97. The quantitative estimate of drug-likeness (QED) is 0.118. The van der Waals surface area contributed by atoms with Crippen molar-refractivity contribution in [3.05, 3.63) is 101 Å². The van der Waals surface area contributed by atoms with Crippen molar-refractivity contribution in [2.24, 2.45) is 5.92 Å². The molecule has 236 valence electrons. The van der Waals surface area contributed by atoms with Crippen molar-refractivity contribution in [3.63, 3.8) is 0 Å². The second kappa shape index (κ2) is 16.7. The molecule has 0 unspecified atom stereocenters. The highest BCUT2D eigenvalue weighted by Gasteiger charge is 2.18. The van der Waals surface area contributed by atoms with Gasteiger partial charge in [-0.2, -0.15) is 0 Å². The van der Waals surface area contributed by atoms with Crippen molar-refractivity contribution in [3.8, 4) is 0 Å². The Hall–Kier alpha value is -4.99. The molecule has 1 heterocycles. The Labute approximate surface area is 263 Å². The number of ketones is 1. The number of nitrogens with one attached hydrogen (secondary N) is 2. The molecule has 3 aromatic carbocycles. The van der Waals surface area contributed by atoms with E-state index in [2.05, 4.69) is 15.3 Å². The number of H-pyrrole nitrogens is 1. The van der Waals surface area contributed by atoms with Crippen LogP contribution in [0.5, 0.6) is 0 Å². The van der Waals surface area contributed by atoms with Crippen molar-refractivity contribution in [2.45, 2.75) is 59.2 Å². The first-order valence-electron chi connectivity index (χ1n) is 15.2. The van der Waals surface area contributed by atoms with Crippen LogP contribution in [-0.4, -0.2) is 51.8 Å². The summed E-state index contributed by atoms with van der Waals surface area (Å²) in [5, 5.41) is 2.79. The summed E-state index contributed by atoms with van der Waals surface area (Å²) in [6, 6.07) is 24.0. The highest BCUT2D eigenvalue weighted by molar-refractivity contribution is 5.96. The number of aromatic nitrogens is 2. The molecule has 0 saturated carbocycles. The van der Waals surface area contributed by atoms with Crippen LogP contribution in [0.4, 0.5) is 4.79 Å². The van der Waals surface area contributed by atoms with Crippen LogP contribution >= 0.6 is 0 Å². The Morgan fingerprint density at radius 2 is 1.58 bits per heavy atom. The average molecular weight is 613 g/mol. The number of amides is 2. The zero-order valence-electron chi connectivity index (χ0n) is 25.8. The Kier molecular flexibility index (Phi) is 12.2. The van der Waals surface area contributed by atoms with Crippen LogP contribution in [0.15, 0.2) is 78.9 Å². The summed E-state index contributed by atoms with van der Waals surface area (Å²) in [6.07, 6.45) is 1.20. The minimum atomic E-state index is -0.376. The number of carbonyl (C=O) groups is 4. The predicted molar refractivity (Wildman–Crippen MR) is 170 cm³/mol. The summed E-state index contributed by atoms with van der Waals surface area (Å²) >= 11 is 0. The molecular formula is C35H40N4O6. The standard InChI is InChI=1S/C35H40N4O6/c1-3-44-33(41)19-20-36-35(43)39(23-32-37-29-11-7-8-12-30(29)38-32)22-26-14-16-28(17-15-26)31(40)18-13-25(2)21-34(42)45-24-27-9-5-4-6-10-27/h4-12,14-17,25H,3,13,18-24H2,1-2H3,(H,36,43)(H,37,38)/t25-/m1/s1. The molecule has 4 rings (SSSR count). The van der Waals surface area contributed by atoms with Crippen LogP contribution in [-0.2, 0) is 38.8 Å². The van der Waals surface area contributed by atoms with E-state index in [1.807, 2.05) is 73.7 Å². The third-order valence-corrected chi connectivity index (χ3v) is 7.25. The number of hydrogen-bond donors (Lipinski definition) is 2. The van der Waals surface area contributed by atoms with E-state index in [0.29, 0.717) is 24.2 Å². The van der Waals surface area contributed by atoms with Gasteiger partial charge in [0.05, 0.1) is 30.6 Å². The highest BCUT2D eigenvalue weighted by atomic mass is 16.5. The van der Waals surface area contributed by atoms with Crippen LogP contribution in [0, 0.1) is 5.92 Å². The number of hydrogen-bond acceptors (Lipinski definition) is 7. The minimum absolute atomic E-state index is 0.00523. The Morgan fingerprint density at radius 1 is 0.844 bits per heavy atom. The Morgan fingerprint density at radius 3 is 2.31 bits per heavy atom. The number of para-hydroxylation sites is 2. The first kappa shape index (κ1) is 32.9. The fourth-order valence-electron chi connectivity index (χ4n) is 4.80. The van der Waals surface area contributed by atoms with Gasteiger partial charge in [0.15, 0.2) is 5.78 Å². The molecule has 0 bridgehead atoms. The Balaban J connectivity index is 1.30. The molecular weight excluding hydrogens is 572 g/mol. The molecule has 2 amide bonds. The number of fused-ring (bicyclic) bond motifs is 1. The first-order chi connectivity index (χ1) is 21.8. The maximum Gasteiger partial charge on any atom is 0.318 e. The van der Waals surface area contributed by atoms with E-state index in [-0.39, 0.29) is 75.4 Å². The monoisotopic (exact) mass is 612 g/mol. The zero-order valence-corrected chi connectivity index (χ0v) is 25.8. The van der Waals surface area contributed by atoms with E-state index >= 15 is 0 Å². The number of aromatic amines is 1. The van der Waals surface area contributed by atoms with Crippen LogP contribution < -0.4 is 5.32 Å². The van der Waals surface area contributed by atoms with Gasteiger partial charge in [-0.25, -0.2) is 9.78 Å². The largest absolute Gasteiger partial charge is 0.466 e. The molecule has 0 fully saturated rings. The van der Waals surface area contributed by atoms with Gasteiger partial charge < -0.3 is 24.7 Å². The van der Waals surface area contributed by atoms with Gasteiger partial charge in [0.2, 0.25) is 0 Å². The number of nitrogens with zero attached hydrogens (tertiary/aromatic N) is 2. The number of rotatable bonds is 16. The van der Waals surface area contributed by atoms with E-state index in [9.17, 15) is 19.2 Å². The number of urea groups is 1. The van der Waals surface area contributed by atoms with Gasteiger partial charge in [0.25, 0.3) is 0 Å². The van der Waals surface area contributed by atoms with Crippen molar-refractivity contribution in [2.75, 3.05) is 13.2 Å². The van der Waals surface area contributed by atoms with E-state index in [1.165, 1.54) is 0 Å². The van der Waals surface area contributed by atoms with Crippen LogP contribution in [0.1, 0.15) is 66.8 Å². The van der Waals surface area contributed by atoms with Gasteiger partial charge in [0.1, 0.15) is 12.4 Å².